The van der Waals surface area contributed by atoms with E-state index in [-0.39, 0.29) is 12.3 Å². The van der Waals surface area contributed by atoms with Gasteiger partial charge in [0, 0.05) is 23.1 Å². The van der Waals surface area contributed by atoms with Crippen LogP contribution in [0.25, 0.3) is 0 Å². The number of carbonyl (C=O) groups excluding carboxylic acids is 2. The van der Waals surface area contributed by atoms with Gasteiger partial charge in [-0.15, -0.1) is 0 Å². The van der Waals surface area contributed by atoms with Crippen LogP contribution in [0, 0.1) is 6.92 Å². The molecule has 0 aromatic heterocycles. The Hall–Kier alpha value is -3.19. The number of rotatable bonds is 3. The minimum Gasteiger partial charge on any atom is -0.469 e. The zero-order valence-corrected chi connectivity index (χ0v) is 17.1. The fourth-order valence-corrected chi connectivity index (χ4v) is 3.04. The molecular formula is C21H21ClN4O3. The number of halogens is 1. The van der Waals surface area contributed by atoms with E-state index in [0.717, 1.165) is 16.7 Å². The molecule has 2 aromatic rings. The van der Waals surface area contributed by atoms with Gasteiger partial charge in [-0.05, 0) is 31.2 Å². The van der Waals surface area contributed by atoms with E-state index >= 15 is 0 Å². The Morgan fingerprint density at radius 3 is 2.55 bits per heavy atom. The molecule has 29 heavy (non-hydrogen) atoms. The average molecular weight is 413 g/mol. The van der Waals surface area contributed by atoms with Gasteiger partial charge in [-0.25, -0.2) is 4.99 Å². The van der Waals surface area contributed by atoms with Gasteiger partial charge >= 0.3 is 5.97 Å². The van der Waals surface area contributed by atoms with Crippen molar-refractivity contribution in [2.24, 2.45) is 9.98 Å². The molecule has 2 aromatic carbocycles. The van der Waals surface area contributed by atoms with Crippen LogP contribution in [0.1, 0.15) is 30.0 Å². The highest BCUT2D eigenvalue weighted by atomic mass is 35.5. The van der Waals surface area contributed by atoms with Crippen molar-refractivity contribution in [2.45, 2.75) is 26.3 Å². The first-order valence-corrected chi connectivity index (χ1v) is 9.38. The molecule has 1 amide bonds. The number of hydrogen-bond acceptors (Lipinski definition) is 6. The third kappa shape index (κ3) is 5.00. The highest BCUT2D eigenvalue weighted by Gasteiger charge is 2.26. The SMILES string of the molecule is COC(=O)C[C@@H]1N=C(c2ccc(Cl)cc2)c2cc(C)ccc2N=C1NNC(C)=O. The summed E-state index contributed by atoms with van der Waals surface area (Å²) in [7, 11) is 1.32. The molecule has 1 aliphatic rings. The number of hydrazine groups is 1. The van der Waals surface area contributed by atoms with Gasteiger partial charge in [0.25, 0.3) is 0 Å². The molecular weight excluding hydrogens is 392 g/mol. The minimum absolute atomic E-state index is 0.0357. The third-order valence-electron chi connectivity index (χ3n) is 4.32. The lowest BCUT2D eigenvalue weighted by Gasteiger charge is -2.16. The molecule has 8 heteroatoms. The molecule has 0 radical (unpaired) electrons. The number of ether oxygens (including phenoxy) is 1. The highest BCUT2D eigenvalue weighted by Crippen LogP contribution is 2.29. The number of fused-ring (bicyclic) bond motifs is 1. The average Bonchev–Trinajstić information content (AvgIpc) is 2.84. The molecule has 0 saturated carbocycles. The number of nitrogens with zero attached hydrogens (tertiary/aromatic N) is 2. The second-order valence-corrected chi connectivity index (χ2v) is 7.04. The van der Waals surface area contributed by atoms with E-state index in [4.69, 9.17) is 21.3 Å². The molecule has 3 rings (SSSR count). The normalized spacial score (nSPS) is 15.4. The second-order valence-electron chi connectivity index (χ2n) is 6.60. The largest absolute Gasteiger partial charge is 0.469 e. The molecule has 2 N–H and O–H groups in total. The lowest BCUT2D eigenvalue weighted by atomic mass is 9.99. The van der Waals surface area contributed by atoms with Crippen LogP contribution in [0.3, 0.4) is 0 Å². The van der Waals surface area contributed by atoms with Gasteiger partial charge in [0.1, 0.15) is 11.9 Å². The number of benzene rings is 2. The van der Waals surface area contributed by atoms with Gasteiger partial charge in [0.2, 0.25) is 5.91 Å². The van der Waals surface area contributed by atoms with E-state index in [9.17, 15) is 9.59 Å². The molecule has 7 nitrogen and oxygen atoms in total. The Kier molecular flexibility index (Phi) is 6.29. The Morgan fingerprint density at radius 2 is 1.90 bits per heavy atom. The molecule has 0 bridgehead atoms. The summed E-state index contributed by atoms with van der Waals surface area (Å²) in [4.78, 5) is 32.9. The van der Waals surface area contributed by atoms with Gasteiger partial charge in [0.15, 0.2) is 0 Å². The maximum absolute atomic E-state index is 12.0. The Balaban J connectivity index is 2.16. The number of methoxy groups -OCH3 is 1. The zero-order valence-electron chi connectivity index (χ0n) is 16.3. The van der Waals surface area contributed by atoms with Crippen molar-refractivity contribution in [3.63, 3.8) is 0 Å². The third-order valence-corrected chi connectivity index (χ3v) is 4.57. The highest BCUT2D eigenvalue weighted by molar-refractivity contribution is 6.30. The zero-order chi connectivity index (χ0) is 21.0. The lowest BCUT2D eigenvalue weighted by Crippen LogP contribution is -2.45. The first-order valence-electron chi connectivity index (χ1n) is 9.00. The van der Waals surface area contributed by atoms with Gasteiger partial charge in [-0.3, -0.25) is 25.4 Å². The monoisotopic (exact) mass is 412 g/mol. The predicted molar refractivity (Wildman–Crippen MR) is 113 cm³/mol. The number of carbonyl (C=O) groups is 2. The summed E-state index contributed by atoms with van der Waals surface area (Å²) in [6, 6.07) is 12.4. The molecule has 0 aliphatic carbocycles. The Morgan fingerprint density at radius 1 is 1.17 bits per heavy atom. The Labute approximate surface area is 173 Å². The summed E-state index contributed by atoms with van der Waals surface area (Å²) >= 11 is 6.04. The number of esters is 1. The van der Waals surface area contributed by atoms with E-state index < -0.39 is 12.0 Å². The van der Waals surface area contributed by atoms with Crippen LogP contribution in [-0.4, -0.2) is 36.6 Å². The van der Waals surface area contributed by atoms with Crippen LogP contribution in [-0.2, 0) is 14.3 Å². The van der Waals surface area contributed by atoms with Gasteiger partial charge in [-0.2, -0.15) is 0 Å². The van der Waals surface area contributed by atoms with E-state index in [0.29, 0.717) is 22.3 Å². The smallest absolute Gasteiger partial charge is 0.308 e. The number of aryl methyl sites for hydroxylation is 1. The maximum Gasteiger partial charge on any atom is 0.308 e. The molecule has 0 unspecified atom stereocenters. The van der Waals surface area contributed by atoms with E-state index in [1.807, 2.05) is 37.3 Å². The van der Waals surface area contributed by atoms with Crippen LogP contribution < -0.4 is 10.9 Å². The van der Waals surface area contributed by atoms with Crippen LogP contribution >= 0.6 is 11.6 Å². The first-order chi connectivity index (χ1) is 13.9. The van der Waals surface area contributed by atoms with Crippen molar-refractivity contribution in [3.8, 4) is 0 Å². The fraction of sp³-hybridized carbons (Fsp3) is 0.238. The van der Waals surface area contributed by atoms with Crippen molar-refractivity contribution in [1.29, 1.82) is 0 Å². The van der Waals surface area contributed by atoms with E-state index in [1.165, 1.54) is 14.0 Å². The number of nitrogens with one attached hydrogen (secondary N) is 2. The summed E-state index contributed by atoms with van der Waals surface area (Å²) in [6.45, 7) is 3.36. The quantitative estimate of drug-likeness (QED) is 0.598. The van der Waals surface area contributed by atoms with E-state index in [1.54, 1.807) is 12.1 Å². The van der Waals surface area contributed by atoms with E-state index in [2.05, 4.69) is 15.8 Å². The Bertz CT molecular complexity index is 999. The number of aliphatic imine (C=N–C) groups is 2. The molecule has 1 aliphatic heterocycles. The molecule has 150 valence electrons. The van der Waals surface area contributed by atoms with Crippen LogP contribution in [0.15, 0.2) is 52.4 Å². The summed E-state index contributed by atoms with van der Waals surface area (Å²) in [5.74, 6) is -0.381. The molecule has 1 atom stereocenters. The van der Waals surface area contributed by atoms with Gasteiger partial charge in [-0.1, -0.05) is 35.4 Å². The molecule has 1 heterocycles. The topological polar surface area (TPSA) is 92.2 Å². The molecule has 0 spiro atoms. The summed E-state index contributed by atoms with van der Waals surface area (Å²) in [5, 5.41) is 0.614. The van der Waals surface area contributed by atoms with Gasteiger partial charge in [0.05, 0.1) is 24.9 Å². The van der Waals surface area contributed by atoms with Crippen molar-refractivity contribution < 1.29 is 14.3 Å². The van der Waals surface area contributed by atoms with Crippen molar-refractivity contribution in [1.82, 2.24) is 10.9 Å². The first kappa shape index (κ1) is 20.5. The van der Waals surface area contributed by atoms with Crippen molar-refractivity contribution in [3.05, 3.63) is 64.2 Å². The van der Waals surface area contributed by atoms with Gasteiger partial charge < -0.3 is 4.74 Å². The second kappa shape index (κ2) is 8.87. The summed E-state index contributed by atoms with van der Waals surface area (Å²) in [5.41, 5.74) is 9.36. The standard InChI is InChI=1S/C21H21ClN4O3/c1-12-4-9-17-16(10-12)20(14-5-7-15(22)8-6-14)23-18(11-19(28)29-3)21(24-17)26-25-13(2)27/h4-10,18H,11H2,1-3H3,(H,24,26)(H,25,27)/t18-/m0/s1. The fourth-order valence-electron chi connectivity index (χ4n) is 2.91. The minimum atomic E-state index is -0.673. The lowest BCUT2D eigenvalue weighted by molar-refractivity contribution is -0.140. The predicted octanol–water partition coefficient (Wildman–Crippen LogP) is 3.10. The number of hydrogen-bond donors (Lipinski definition) is 2. The maximum atomic E-state index is 12.0. The number of amidine groups is 1. The van der Waals surface area contributed by atoms with Crippen LogP contribution in [0.4, 0.5) is 5.69 Å². The number of amides is 1. The molecule has 0 fully saturated rings. The van der Waals surface area contributed by atoms with Crippen molar-refractivity contribution >= 4 is 40.7 Å². The van der Waals surface area contributed by atoms with Crippen LogP contribution in [0.5, 0.6) is 0 Å². The molecule has 0 saturated heterocycles. The van der Waals surface area contributed by atoms with Crippen LogP contribution in [0.2, 0.25) is 5.02 Å². The summed E-state index contributed by atoms with van der Waals surface area (Å²) in [6.07, 6.45) is -0.0357. The van der Waals surface area contributed by atoms with Crippen molar-refractivity contribution in [2.75, 3.05) is 7.11 Å². The summed E-state index contributed by atoms with van der Waals surface area (Å²) < 4.78 is 4.82.